The van der Waals surface area contributed by atoms with Crippen molar-refractivity contribution in [3.63, 3.8) is 0 Å². The maximum Gasteiger partial charge on any atom is 0.293 e. The zero-order valence-corrected chi connectivity index (χ0v) is 36.5. The van der Waals surface area contributed by atoms with Gasteiger partial charge in [-0.1, -0.05) is 11.6 Å². The summed E-state index contributed by atoms with van der Waals surface area (Å²) in [5.74, 6) is 0.247. The second-order valence-corrected chi connectivity index (χ2v) is 18.0. The number of piperidine rings is 3. The number of likely N-dealkylation sites (tertiary alicyclic amines) is 1. The van der Waals surface area contributed by atoms with E-state index in [1.165, 1.54) is 7.05 Å². The van der Waals surface area contributed by atoms with Gasteiger partial charge in [0.05, 0.1) is 23.9 Å². The summed E-state index contributed by atoms with van der Waals surface area (Å²) in [6, 6.07) is 9.15. The summed E-state index contributed by atoms with van der Waals surface area (Å²) in [5, 5.41) is 9.33. The minimum atomic E-state index is -0.637. The third kappa shape index (κ3) is 8.82. The number of aromatic nitrogens is 4. The molecular weight excluding hydrogens is 828 g/mol. The number of nitrogens with one attached hydrogen (secondary N) is 3. The van der Waals surface area contributed by atoms with Gasteiger partial charge in [-0.3, -0.25) is 34.3 Å². The van der Waals surface area contributed by atoms with E-state index in [-0.39, 0.29) is 60.3 Å². The van der Waals surface area contributed by atoms with Crippen LogP contribution in [0, 0.1) is 0 Å². The Morgan fingerprint density at radius 2 is 1.73 bits per heavy atom. The predicted octanol–water partition coefficient (Wildman–Crippen LogP) is 4.45. The molecule has 4 fully saturated rings. The lowest BCUT2D eigenvalue weighted by molar-refractivity contribution is -0.137. The van der Waals surface area contributed by atoms with Crippen LogP contribution in [0.15, 0.2) is 47.5 Å². The number of likely N-dealkylation sites (N-methyl/N-ethyl adjacent to an activating group) is 1. The Morgan fingerprint density at radius 3 is 2.46 bits per heavy atom. The lowest BCUT2D eigenvalue weighted by atomic mass is 9.83. The SMILES string of the molecule is CNC(=O)COc1cc2cc(Nc3nc(N4CCC(OC5CC(N6CCC(c7cnc8c(c7)CN(C7CCC(=O)NC7=O)C8=O)CC6)C5)CC4)ncc3Cl)ccc2n(C(C)C)c1=O. The zero-order chi connectivity index (χ0) is 43.9. The van der Waals surface area contributed by atoms with E-state index < -0.39 is 11.9 Å². The first kappa shape index (κ1) is 42.6. The molecule has 17 nitrogen and oxygen atoms in total. The van der Waals surface area contributed by atoms with Crippen LogP contribution in [-0.4, -0.2) is 117 Å². The van der Waals surface area contributed by atoms with Gasteiger partial charge in [0.25, 0.3) is 17.4 Å². The van der Waals surface area contributed by atoms with Gasteiger partial charge < -0.3 is 39.4 Å². The van der Waals surface area contributed by atoms with E-state index in [0.29, 0.717) is 53.1 Å². The Morgan fingerprint density at radius 1 is 0.952 bits per heavy atom. The van der Waals surface area contributed by atoms with Gasteiger partial charge in [-0.15, -0.1) is 0 Å². The molecule has 4 aliphatic heterocycles. The van der Waals surface area contributed by atoms with E-state index in [1.54, 1.807) is 21.7 Å². The summed E-state index contributed by atoms with van der Waals surface area (Å²) in [7, 11) is 1.51. The Labute approximate surface area is 369 Å². The number of carbonyl (C=O) groups is 4. The van der Waals surface area contributed by atoms with Gasteiger partial charge in [0.2, 0.25) is 17.8 Å². The standard InChI is InChI=1S/C45H53ClN10O7/c1-25(2)56-35-5-4-30(17-27(35)18-37(43(56)60)62-24-39(58)47-3)50-41-34(46)22-49-45(52-41)54-14-10-32(11-15-54)63-33-19-31(20-33)53-12-8-26(9-13-53)28-16-29-23-55(44(61)40(29)48-21-28)36-6-7-38(57)51-42(36)59/h4-5,16-18,21-22,25-26,31-33,36H,6-15,19-20,23-24H2,1-3H3,(H,47,58)(H,49,50,52)(H,51,57,59). The van der Waals surface area contributed by atoms with E-state index in [4.69, 9.17) is 26.1 Å². The smallest absolute Gasteiger partial charge is 0.293 e. The van der Waals surface area contributed by atoms with Crippen molar-refractivity contribution in [2.45, 2.75) is 108 Å². The fourth-order valence-electron chi connectivity index (χ4n) is 9.66. The first-order valence-corrected chi connectivity index (χ1v) is 22.4. The Kier molecular flexibility index (Phi) is 12.1. The molecule has 1 aliphatic carbocycles. The van der Waals surface area contributed by atoms with Crippen LogP contribution in [0.25, 0.3) is 10.9 Å². The number of benzene rings is 1. The molecule has 18 heteroatoms. The number of halogens is 1. The lowest BCUT2D eigenvalue weighted by Crippen LogP contribution is -2.52. The number of anilines is 3. The monoisotopic (exact) mass is 880 g/mol. The molecule has 4 amide bonds. The number of rotatable bonds is 12. The molecule has 1 unspecified atom stereocenters. The molecule has 7 heterocycles. The first-order chi connectivity index (χ1) is 30.4. The van der Waals surface area contributed by atoms with Crippen LogP contribution >= 0.6 is 11.6 Å². The summed E-state index contributed by atoms with van der Waals surface area (Å²) >= 11 is 6.60. The van der Waals surface area contributed by atoms with Crippen LogP contribution in [0.1, 0.15) is 98.8 Å². The largest absolute Gasteiger partial charge is 0.478 e. The zero-order valence-electron chi connectivity index (χ0n) is 35.8. The number of amides is 4. The minimum absolute atomic E-state index is 0.0937. The van der Waals surface area contributed by atoms with Gasteiger partial charge in [0, 0.05) is 68.0 Å². The predicted molar refractivity (Wildman–Crippen MR) is 235 cm³/mol. The van der Waals surface area contributed by atoms with E-state index >= 15 is 0 Å². The summed E-state index contributed by atoms with van der Waals surface area (Å²) in [6.07, 6.45) is 10.3. The van der Waals surface area contributed by atoms with E-state index in [2.05, 4.69) is 41.8 Å². The molecule has 5 aliphatic rings. The number of ether oxygens (including phenoxy) is 2. The van der Waals surface area contributed by atoms with Gasteiger partial charge in [-0.25, -0.2) is 4.98 Å². The van der Waals surface area contributed by atoms with Crippen molar-refractivity contribution in [1.82, 2.24) is 40.0 Å². The molecule has 0 spiro atoms. The molecule has 0 bridgehead atoms. The number of nitrogens with zero attached hydrogens (tertiary/aromatic N) is 7. The normalized spacial score (nSPS) is 22.3. The molecule has 3 aromatic heterocycles. The number of pyridine rings is 2. The van der Waals surface area contributed by atoms with Crippen LogP contribution in [0.5, 0.6) is 5.75 Å². The fourth-order valence-corrected chi connectivity index (χ4v) is 9.80. The molecule has 63 heavy (non-hydrogen) atoms. The number of hydrogen-bond donors (Lipinski definition) is 3. The quantitative estimate of drug-likeness (QED) is 0.169. The maximum atomic E-state index is 13.2. The Balaban J connectivity index is 0.739. The van der Waals surface area contributed by atoms with Crippen molar-refractivity contribution < 1.29 is 28.7 Å². The maximum absolute atomic E-state index is 13.2. The summed E-state index contributed by atoms with van der Waals surface area (Å²) in [4.78, 5) is 82.5. The first-order valence-electron chi connectivity index (χ1n) is 22.0. The van der Waals surface area contributed by atoms with Crippen molar-refractivity contribution in [2.75, 3.05) is 50.1 Å². The van der Waals surface area contributed by atoms with E-state index in [0.717, 1.165) is 86.7 Å². The van der Waals surface area contributed by atoms with Crippen LogP contribution in [0.4, 0.5) is 17.5 Å². The highest BCUT2D eigenvalue weighted by molar-refractivity contribution is 6.33. The van der Waals surface area contributed by atoms with Crippen LogP contribution < -0.4 is 31.1 Å². The minimum Gasteiger partial charge on any atom is -0.478 e. The summed E-state index contributed by atoms with van der Waals surface area (Å²) in [5.41, 5.74) is 3.57. The fraction of sp³-hybridized carbons (Fsp3) is 0.511. The second-order valence-electron chi connectivity index (χ2n) is 17.6. The molecule has 1 atom stereocenters. The average Bonchev–Trinajstić information content (AvgIpc) is 3.59. The average molecular weight is 881 g/mol. The van der Waals surface area contributed by atoms with Crippen LogP contribution in [0.3, 0.4) is 0 Å². The number of carbonyl (C=O) groups excluding carboxylic acids is 4. The molecule has 3 N–H and O–H groups in total. The van der Waals surface area contributed by atoms with Crippen LogP contribution in [-0.2, 0) is 25.7 Å². The summed E-state index contributed by atoms with van der Waals surface area (Å²) in [6.45, 7) is 7.47. The molecule has 9 rings (SSSR count). The van der Waals surface area contributed by atoms with E-state index in [9.17, 15) is 24.0 Å². The van der Waals surface area contributed by atoms with Gasteiger partial charge in [-0.2, -0.15) is 4.98 Å². The van der Waals surface area contributed by atoms with Crippen molar-refractivity contribution in [2.24, 2.45) is 0 Å². The molecule has 0 radical (unpaired) electrons. The van der Waals surface area contributed by atoms with Crippen LogP contribution in [0.2, 0.25) is 5.02 Å². The molecule has 4 aromatic rings. The highest BCUT2D eigenvalue weighted by Gasteiger charge is 2.41. The molecule has 1 aromatic carbocycles. The van der Waals surface area contributed by atoms with Gasteiger partial charge in [-0.05, 0) is 114 Å². The number of imide groups is 1. The lowest BCUT2D eigenvalue weighted by Gasteiger charge is -2.47. The number of fused-ring (bicyclic) bond motifs is 2. The number of hydrogen-bond acceptors (Lipinski definition) is 13. The summed E-state index contributed by atoms with van der Waals surface area (Å²) < 4.78 is 13.9. The Bertz CT molecular complexity index is 2490. The molecule has 332 valence electrons. The highest BCUT2D eigenvalue weighted by atomic mass is 35.5. The highest BCUT2D eigenvalue weighted by Crippen LogP contribution is 2.38. The topological polar surface area (TPSA) is 193 Å². The van der Waals surface area contributed by atoms with Crippen molar-refractivity contribution in [3.05, 3.63) is 74.9 Å². The molecular formula is C45H53ClN10O7. The van der Waals surface area contributed by atoms with Gasteiger partial charge in [0.1, 0.15) is 16.8 Å². The third-order valence-corrected chi connectivity index (χ3v) is 13.5. The molecule has 3 saturated heterocycles. The van der Waals surface area contributed by atoms with Crippen molar-refractivity contribution in [1.29, 1.82) is 0 Å². The third-order valence-electron chi connectivity index (χ3n) is 13.2. The van der Waals surface area contributed by atoms with E-state index in [1.807, 2.05) is 38.2 Å². The van der Waals surface area contributed by atoms with Gasteiger partial charge >= 0.3 is 0 Å². The Hall–Kier alpha value is -5.65. The second kappa shape index (κ2) is 17.8. The molecule has 1 saturated carbocycles. The van der Waals surface area contributed by atoms with Gasteiger partial charge in [0.15, 0.2) is 18.2 Å². The van der Waals surface area contributed by atoms with Crippen molar-refractivity contribution in [3.8, 4) is 5.75 Å². The van der Waals surface area contributed by atoms with Crippen molar-refractivity contribution >= 4 is 63.6 Å².